The Morgan fingerprint density at radius 1 is 1.33 bits per heavy atom. The lowest BCUT2D eigenvalue weighted by Crippen LogP contribution is -2.36. The molecule has 0 radical (unpaired) electrons. The fourth-order valence-electron chi connectivity index (χ4n) is 1.07. The van der Waals surface area contributed by atoms with Crippen molar-refractivity contribution in [3.63, 3.8) is 0 Å². The zero-order chi connectivity index (χ0) is 11.1. The Kier molecular flexibility index (Phi) is 5.05. The molecular formula is C11H19N3S. The van der Waals surface area contributed by atoms with E-state index in [0.717, 1.165) is 23.7 Å². The van der Waals surface area contributed by atoms with Gasteiger partial charge in [-0.05, 0) is 33.7 Å². The summed E-state index contributed by atoms with van der Waals surface area (Å²) in [5.74, 6) is 1.09. The van der Waals surface area contributed by atoms with Crippen molar-refractivity contribution >= 4 is 11.8 Å². The molecule has 0 aliphatic heterocycles. The maximum absolute atomic E-state index is 4.21. The summed E-state index contributed by atoms with van der Waals surface area (Å²) in [4.78, 5) is 8.23. The van der Waals surface area contributed by atoms with Crippen molar-refractivity contribution in [3.8, 4) is 0 Å². The SMILES string of the molecule is CC(C)(C)NCCCSc1cnccn1. The third kappa shape index (κ3) is 6.47. The summed E-state index contributed by atoms with van der Waals surface area (Å²) in [6.45, 7) is 7.60. The van der Waals surface area contributed by atoms with E-state index in [9.17, 15) is 0 Å². The molecule has 0 aliphatic carbocycles. The Bertz CT molecular complexity index is 269. The maximum Gasteiger partial charge on any atom is 0.114 e. The monoisotopic (exact) mass is 225 g/mol. The Morgan fingerprint density at radius 3 is 2.73 bits per heavy atom. The number of hydrogen-bond donors (Lipinski definition) is 1. The summed E-state index contributed by atoms with van der Waals surface area (Å²) in [6, 6.07) is 0. The number of aromatic nitrogens is 2. The second-order valence-electron chi connectivity index (χ2n) is 4.42. The van der Waals surface area contributed by atoms with Crippen LogP contribution < -0.4 is 5.32 Å². The molecule has 0 saturated carbocycles. The smallest absolute Gasteiger partial charge is 0.114 e. The van der Waals surface area contributed by atoms with Crippen LogP contribution in [0.25, 0.3) is 0 Å². The van der Waals surface area contributed by atoms with Crippen LogP contribution in [0, 0.1) is 0 Å². The average molecular weight is 225 g/mol. The van der Waals surface area contributed by atoms with Gasteiger partial charge in [0.15, 0.2) is 0 Å². The van der Waals surface area contributed by atoms with Crippen LogP contribution in [-0.2, 0) is 0 Å². The van der Waals surface area contributed by atoms with Crippen LogP contribution in [0.2, 0.25) is 0 Å². The number of hydrogen-bond acceptors (Lipinski definition) is 4. The van der Waals surface area contributed by atoms with Gasteiger partial charge in [0.2, 0.25) is 0 Å². The van der Waals surface area contributed by atoms with Crippen LogP contribution in [0.1, 0.15) is 27.2 Å². The van der Waals surface area contributed by atoms with E-state index < -0.39 is 0 Å². The molecule has 1 heterocycles. The van der Waals surface area contributed by atoms with Crippen molar-refractivity contribution in [3.05, 3.63) is 18.6 Å². The Hall–Kier alpha value is -0.610. The topological polar surface area (TPSA) is 37.8 Å². The second-order valence-corrected chi connectivity index (χ2v) is 5.54. The lowest BCUT2D eigenvalue weighted by molar-refractivity contribution is 0.427. The van der Waals surface area contributed by atoms with Crippen molar-refractivity contribution in [1.29, 1.82) is 0 Å². The number of nitrogens with zero attached hydrogens (tertiary/aromatic N) is 2. The van der Waals surface area contributed by atoms with Gasteiger partial charge in [0.1, 0.15) is 5.03 Å². The van der Waals surface area contributed by atoms with Crippen LogP contribution >= 0.6 is 11.8 Å². The van der Waals surface area contributed by atoms with E-state index in [1.165, 1.54) is 0 Å². The molecule has 0 fully saturated rings. The minimum Gasteiger partial charge on any atom is -0.312 e. The van der Waals surface area contributed by atoms with Crippen molar-refractivity contribution in [2.24, 2.45) is 0 Å². The highest BCUT2D eigenvalue weighted by Crippen LogP contribution is 2.13. The van der Waals surface area contributed by atoms with Crippen LogP contribution in [0.4, 0.5) is 0 Å². The Labute approximate surface area is 96.1 Å². The highest BCUT2D eigenvalue weighted by atomic mass is 32.2. The average Bonchev–Trinajstić information content (AvgIpc) is 2.17. The summed E-state index contributed by atoms with van der Waals surface area (Å²) in [5.41, 5.74) is 0.219. The molecule has 4 heteroatoms. The minimum atomic E-state index is 0.219. The predicted molar refractivity (Wildman–Crippen MR) is 65.1 cm³/mol. The summed E-state index contributed by atoms with van der Waals surface area (Å²) in [6.07, 6.45) is 6.39. The van der Waals surface area contributed by atoms with Gasteiger partial charge in [0.25, 0.3) is 0 Å². The molecule has 15 heavy (non-hydrogen) atoms. The first-order valence-electron chi connectivity index (χ1n) is 5.22. The normalized spacial score (nSPS) is 11.7. The van der Waals surface area contributed by atoms with Gasteiger partial charge in [-0.25, -0.2) is 4.98 Å². The van der Waals surface area contributed by atoms with Crippen molar-refractivity contribution in [1.82, 2.24) is 15.3 Å². The van der Waals surface area contributed by atoms with Crippen molar-refractivity contribution in [2.75, 3.05) is 12.3 Å². The van der Waals surface area contributed by atoms with Crippen LogP contribution in [-0.4, -0.2) is 27.8 Å². The summed E-state index contributed by atoms with van der Waals surface area (Å²) in [5, 5.41) is 4.47. The van der Waals surface area contributed by atoms with E-state index in [4.69, 9.17) is 0 Å². The molecular weight excluding hydrogens is 206 g/mol. The van der Waals surface area contributed by atoms with Crippen molar-refractivity contribution < 1.29 is 0 Å². The van der Waals surface area contributed by atoms with Crippen LogP contribution in [0.3, 0.4) is 0 Å². The molecule has 1 N–H and O–H groups in total. The molecule has 0 aromatic carbocycles. The minimum absolute atomic E-state index is 0.219. The van der Waals surface area contributed by atoms with E-state index >= 15 is 0 Å². The zero-order valence-corrected chi connectivity index (χ0v) is 10.5. The van der Waals surface area contributed by atoms with E-state index in [0.29, 0.717) is 0 Å². The first-order valence-corrected chi connectivity index (χ1v) is 6.20. The second kappa shape index (κ2) is 6.08. The van der Waals surface area contributed by atoms with E-state index in [1.807, 2.05) is 6.20 Å². The predicted octanol–water partition coefficient (Wildman–Crippen LogP) is 2.35. The molecule has 0 aliphatic rings. The molecule has 84 valence electrons. The summed E-state index contributed by atoms with van der Waals surface area (Å²) < 4.78 is 0. The quantitative estimate of drug-likeness (QED) is 0.616. The van der Waals surface area contributed by atoms with Gasteiger partial charge in [0.05, 0.1) is 6.20 Å². The van der Waals surface area contributed by atoms with E-state index in [-0.39, 0.29) is 5.54 Å². The fourth-order valence-corrected chi connectivity index (χ4v) is 1.84. The van der Waals surface area contributed by atoms with E-state index in [2.05, 4.69) is 36.1 Å². The third-order valence-corrected chi connectivity index (χ3v) is 2.77. The molecule has 1 aromatic rings. The van der Waals surface area contributed by atoms with Gasteiger partial charge in [0, 0.05) is 23.7 Å². The molecule has 3 nitrogen and oxygen atoms in total. The Balaban J connectivity index is 2.08. The lowest BCUT2D eigenvalue weighted by Gasteiger charge is -2.20. The highest BCUT2D eigenvalue weighted by molar-refractivity contribution is 7.99. The van der Waals surface area contributed by atoms with Crippen molar-refractivity contribution in [2.45, 2.75) is 37.8 Å². The first kappa shape index (κ1) is 12.5. The zero-order valence-electron chi connectivity index (χ0n) is 9.66. The standard InChI is InChI=1S/C11H19N3S/c1-11(2,3)14-5-4-8-15-10-9-12-6-7-13-10/h6-7,9,14H,4-5,8H2,1-3H3. The molecule has 0 unspecified atom stereocenters. The Morgan fingerprint density at radius 2 is 2.13 bits per heavy atom. The lowest BCUT2D eigenvalue weighted by atomic mass is 10.1. The summed E-state index contributed by atoms with van der Waals surface area (Å²) in [7, 11) is 0. The number of nitrogens with one attached hydrogen (secondary N) is 1. The van der Waals surface area contributed by atoms with E-state index in [1.54, 1.807) is 24.2 Å². The van der Waals surface area contributed by atoms with Gasteiger partial charge in [-0.15, -0.1) is 11.8 Å². The molecule has 1 aromatic heterocycles. The van der Waals surface area contributed by atoms with Gasteiger partial charge >= 0.3 is 0 Å². The third-order valence-electron chi connectivity index (χ3n) is 1.77. The van der Waals surface area contributed by atoms with Crippen LogP contribution in [0.15, 0.2) is 23.6 Å². The fraction of sp³-hybridized carbons (Fsp3) is 0.636. The summed E-state index contributed by atoms with van der Waals surface area (Å²) >= 11 is 1.76. The van der Waals surface area contributed by atoms with Gasteiger partial charge in [-0.2, -0.15) is 0 Å². The number of thioether (sulfide) groups is 1. The van der Waals surface area contributed by atoms with Gasteiger partial charge < -0.3 is 5.32 Å². The number of rotatable bonds is 5. The molecule has 1 rings (SSSR count). The molecule has 0 saturated heterocycles. The largest absolute Gasteiger partial charge is 0.312 e. The molecule has 0 atom stereocenters. The molecule has 0 bridgehead atoms. The van der Waals surface area contributed by atoms with Gasteiger partial charge in [-0.1, -0.05) is 0 Å². The maximum atomic E-state index is 4.21. The highest BCUT2D eigenvalue weighted by Gasteiger charge is 2.06. The van der Waals surface area contributed by atoms with Gasteiger partial charge in [-0.3, -0.25) is 4.98 Å². The molecule has 0 spiro atoms. The molecule has 0 amide bonds. The van der Waals surface area contributed by atoms with Crippen LogP contribution in [0.5, 0.6) is 0 Å². The first-order chi connectivity index (χ1) is 7.08.